The summed E-state index contributed by atoms with van der Waals surface area (Å²) in [5, 5.41) is 3.58. The van der Waals surface area contributed by atoms with Crippen LogP contribution in [0.3, 0.4) is 0 Å². The molecular weight excluding hydrogens is 252 g/mol. The molecule has 1 spiro atoms. The summed E-state index contributed by atoms with van der Waals surface area (Å²) < 4.78 is 5.30. The third-order valence-electron chi connectivity index (χ3n) is 4.72. The first kappa shape index (κ1) is 13.4. The second-order valence-electron chi connectivity index (χ2n) is 5.98. The van der Waals surface area contributed by atoms with Crippen LogP contribution < -0.4 is 10.1 Å². The van der Waals surface area contributed by atoms with E-state index in [2.05, 4.69) is 11.4 Å². The lowest BCUT2D eigenvalue weighted by Gasteiger charge is -2.21. The first-order valence-electron chi connectivity index (χ1n) is 7.27. The lowest BCUT2D eigenvalue weighted by atomic mass is 9.98. The Bertz CT molecular complexity index is 535. The second kappa shape index (κ2) is 4.77. The van der Waals surface area contributed by atoms with Gasteiger partial charge in [0.05, 0.1) is 12.6 Å². The summed E-state index contributed by atoms with van der Waals surface area (Å²) in [5.41, 5.74) is 1.91. The molecule has 4 heteroatoms. The Morgan fingerprint density at radius 3 is 2.65 bits per heavy atom. The highest BCUT2D eigenvalue weighted by Gasteiger charge is 2.51. The predicted molar refractivity (Wildman–Crippen MR) is 77.6 cm³/mol. The molecule has 1 saturated carbocycles. The number of aryl methyl sites for hydroxylation is 1. The van der Waals surface area contributed by atoms with Gasteiger partial charge in [-0.2, -0.15) is 0 Å². The van der Waals surface area contributed by atoms with Crippen molar-refractivity contribution in [3.8, 4) is 5.75 Å². The van der Waals surface area contributed by atoms with E-state index >= 15 is 0 Å². The number of nitrogens with zero attached hydrogens (tertiary/aromatic N) is 1. The Balaban J connectivity index is 1.91. The summed E-state index contributed by atoms with van der Waals surface area (Å²) in [6, 6.07) is 6.12. The van der Waals surface area contributed by atoms with Crippen LogP contribution in [0.2, 0.25) is 0 Å². The first-order valence-corrected chi connectivity index (χ1v) is 7.27. The van der Waals surface area contributed by atoms with Crippen LogP contribution in [-0.4, -0.2) is 30.5 Å². The molecule has 108 valence electrons. The number of amides is 1. The Hall–Kier alpha value is -1.55. The minimum absolute atomic E-state index is 0.0230. The molecule has 3 rings (SSSR count). The van der Waals surface area contributed by atoms with E-state index in [0.29, 0.717) is 0 Å². The summed E-state index contributed by atoms with van der Waals surface area (Å²) in [6.07, 6.45) is 4.18. The zero-order chi connectivity index (χ0) is 14.3. The van der Waals surface area contributed by atoms with Crippen molar-refractivity contribution < 1.29 is 9.53 Å². The number of hydrogen-bond acceptors (Lipinski definition) is 3. The van der Waals surface area contributed by atoms with Gasteiger partial charge in [-0.25, -0.2) is 0 Å². The molecule has 1 aromatic carbocycles. The van der Waals surface area contributed by atoms with Crippen molar-refractivity contribution in [2.75, 3.05) is 14.2 Å². The number of methoxy groups -OCH3 is 1. The standard InChI is InChI=1S/C16H22N2O2/c1-11-10-12(6-7-13(11)20-3)14-17-16(8-4-5-9-16)15(19)18(14)2/h6-7,10,14,17H,4-5,8-9H2,1-3H3. The summed E-state index contributed by atoms with van der Waals surface area (Å²) in [4.78, 5) is 14.4. The average Bonchev–Trinajstić information content (AvgIpc) is 3.01. The number of ether oxygens (including phenoxy) is 1. The third-order valence-corrected chi connectivity index (χ3v) is 4.72. The number of carbonyl (C=O) groups is 1. The number of hydrogen-bond donors (Lipinski definition) is 1. The van der Waals surface area contributed by atoms with Crippen LogP contribution in [0.25, 0.3) is 0 Å². The Morgan fingerprint density at radius 1 is 1.35 bits per heavy atom. The molecule has 4 nitrogen and oxygen atoms in total. The zero-order valence-electron chi connectivity index (χ0n) is 12.4. The van der Waals surface area contributed by atoms with Crippen LogP contribution >= 0.6 is 0 Å². The van der Waals surface area contributed by atoms with Crippen LogP contribution in [0, 0.1) is 6.92 Å². The molecule has 0 aromatic heterocycles. The van der Waals surface area contributed by atoms with Gasteiger partial charge in [0.25, 0.3) is 0 Å². The molecule has 2 aliphatic rings. The van der Waals surface area contributed by atoms with Gasteiger partial charge in [0, 0.05) is 7.05 Å². The molecule has 0 bridgehead atoms. The lowest BCUT2D eigenvalue weighted by Crippen LogP contribution is -2.43. The molecule has 1 aliphatic carbocycles. The van der Waals surface area contributed by atoms with E-state index in [0.717, 1.165) is 42.6 Å². The van der Waals surface area contributed by atoms with E-state index in [4.69, 9.17) is 4.74 Å². The van der Waals surface area contributed by atoms with Crippen molar-refractivity contribution in [1.82, 2.24) is 10.2 Å². The van der Waals surface area contributed by atoms with E-state index in [1.807, 2.05) is 31.0 Å². The van der Waals surface area contributed by atoms with Gasteiger partial charge in [-0.1, -0.05) is 18.9 Å². The van der Waals surface area contributed by atoms with Gasteiger partial charge in [0.2, 0.25) is 5.91 Å². The molecular formula is C16H22N2O2. The molecule has 1 aliphatic heterocycles. The number of nitrogens with one attached hydrogen (secondary N) is 1. The smallest absolute Gasteiger partial charge is 0.244 e. The summed E-state index contributed by atoms with van der Waals surface area (Å²) in [5.74, 6) is 1.13. The van der Waals surface area contributed by atoms with Crippen molar-refractivity contribution in [1.29, 1.82) is 0 Å². The third kappa shape index (κ3) is 1.90. The van der Waals surface area contributed by atoms with Gasteiger partial charge in [-0.15, -0.1) is 0 Å². The predicted octanol–water partition coefficient (Wildman–Crippen LogP) is 2.38. The highest BCUT2D eigenvalue weighted by molar-refractivity contribution is 5.89. The number of likely N-dealkylation sites (N-methyl/N-ethyl adjacent to an activating group) is 1. The summed E-state index contributed by atoms with van der Waals surface area (Å²) in [7, 11) is 3.58. The van der Waals surface area contributed by atoms with Gasteiger partial charge < -0.3 is 9.64 Å². The fourth-order valence-corrected chi connectivity index (χ4v) is 3.59. The van der Waals surface area contributed by atoms with E-state index in [1.165, 1.54) is 0 Å². The van der Waals surface area contributed by atoms with Crippen molar-refractivity contribution in [3.05, 3.63) is 29.3 Å². The monoisotopic (exact) mass is 274 g/mol. The van der Waals surface area contributed by atoms with E-state index in [1.54, 1.807) is 7.11 Å². The van der Waals surface area contributed by atoms with Crippen molar-refractivity contribution >= 4 is 5.91 Å². The maximum atomic E-state index is 12.6. The Kier molecular flexibility index (Phi) is 3.21. The Labute approximate surface area is 120 Å². The maximum Gasteiger partial charge on any atom is 0.244 e. The molecule has 1 aromatic rings. The highest BCUT2D eigenvalue weighted by atomic mass is 16.5. The van der Waals surface area contributed by atoms with Crippen LogP contribution in [0.5, 0.6) is 5.75 Å². The van der Waals surface area contributed by atoms with Crippen LogP contribution in [-0.2, 0) is 4.79 Å². The van der Waals surface area contributed by atoms with Crippen LogP contribution in [0.4, 0.5) is 0 Å². The zero-order valence-corrected chi connectivity index (χ0v) is 12.4. The molecule has 1 saturated heterocycles. The molecule has 0 radical (unpaired) electrons. The lowest BCUT2D eigenvalue weighted by molar-refractivity contribution is -0.132. The largest absolute Gasteiger partial charge is 0.496 e. The fraction of sp³-hybridized carbons (Fsp3) is 0.562. The molecule has 1 amide bonds. The Morgan fingerprint density at radius 2 is 2.05 bits per heavy atom. The van der Waals surface area contributed by atoms with Gasteiger partial charge in [0.15, 0.2) is 0 Å². The summed E-state index contributed by atoms with van der Waals surface area (Å²) >= 11 is 0. The summed E-state index contributed by atoms with van der Waals surface area (Å²) in [6.45, 7) is 2.03. The molecule has 1 unspecified atom stereocenters. The van der Waals surface area contributed by atoms with E-state index in [9.17, 15) is 4.79 Å². The number of carbonyl (C=O) groups excluding carboxylic acids is 1. The van der Waals surface area contributed by atoms with E-state index < -0.39 is 0 Å². The fourth-order valence-electron chi connectivity index (χ4n) is 3.59. The average molecular weight is 274 g/mol. The quantitative estimate of drug-likeness (QED) is 0.900. The topological polar surface area (TPSA) is 41.6 Å². The molecule has 20 heavy (non-hydrogen) atoms. The highest BCUT2D eigenvalue weighted by Crippen LogP contribution is 2.40. The molecule has 1 atom stereocenters. The minimum atomic E-state index is -0.312. The minimum Gasteiger partial charge on any atom is -0.496 e. The SMILES string of the molecule is COc1ccc(C2NC3(CCCC3)C(=O)N2C)cc1C. The number of rotatable bonds is 2. The van der Waals surface area contributed by atoms with Gasteiger partial charge >= 0.3 is 0 Å². The number of benzene rings is 1. The molecule has 1 N–H and O–H groups in total. The van der Waals surface area contributed by atoms with E-state index in [-0.39, 0.29) is 17.6 Å². The van der Waals surface area contributed by atoms with Gasteiger partial charge in [0.1, 0.15) is 11.9 Å². The van der Waals surface area contributed by atoms with Crippen molar-refractivity contribution in [2.24, 2.45) is 0 Å². The second-order valence-corrected chi connectivity index (χ2v) is 5.98. The molecule has 1 heterocycles. The van der Waals surface area contributed by atoms with Crippen LogP contribution in [0.1, 0.15) is 43.0 Å². The maximum absolute atomic E-state index is 12.6. The van der Waals surface area contributed by atoms with Gasteiger partial charge in [-0.05, 0) is 43.0 Å². The van der Waals surface area contributed by atoms with Crippen molar-refractivity contribution in [2.45, 2.75) is 44.3 Å². The molecule has 2 fully saturated rings. The first-order chi connectivity index (χ1) is 9.57. The van der Waals surface area contributed by atoms with Crippen LogP contribution in [0.15, 0.2) is 18.2 Å². The van der Waals surface area contributed by atoms with Crippen molar-refractivity contribution in [3.63, 3.8) is 0 Å². The van der Waals surface area contributed by atoms with Gasteiger partial charge in [-0.3, -0.25) is 10.1 Å². The normalized spacial score (nSPS) is 24.6.